The fourth-order valence-corrected chi connectivity index (χ4v) is 5.71. The number of carbonyl (C=O) groups is 1. The average molecular weight is 466 g/mol. The minimum absolute atomic E-state index is 0.185. The summed E-state index contributed by atoms with van der Waals surface area (Å²) in [5, 5.41) is 13.0. The first kappa shape index (κ1) is 24.5. The highest BCUT2D eigenvalue weighted by Gasteiger charge is 2.36. The molecule has 34 heavy (non-hydrogen) atoms. The number of allylic oxidation sites excluding steroid dienone is 2. The van der Waals surface area contributed by atoms with Gasteiger partial charge in [0.2, 0.25) is 5.91 Å². The maximum atomic E-state index is 12.8. The number of carbonyl (C=O) groups excluding carboxylic acids is 1. The Hall–Kier alpha value is -2.67. The summed E-state index contributed by atoms with van der Waals surface area (Å²) < 4.78 is 0. The molecule has 0 spiro atoms. The van der Waals surface area contributed by atoms with Crippen LogP contribution in [0.2, 0.25) is 0 Å². The van der Waals surface area contributed by atoms with Gasteiger partial charge in [-0.15, -0.1) is 0 Å². The number of aromatic nitrogens is 1. The van der Waals surface area contributed by atoms with Crippen LogP contribution >= 0.6 is 0 Å². The predicted octanol–water partition coefficient (Wildman–Crippen LogP) is 4.72. The number of aliphatic imine (C=N–C) groups is 1. The van der Waals surface area contributed by atoms with Crippen LogP contribution in [0.3, 0.4) is 0 Å². The summed E-state index contributed by atoms with van der Waals surface area (Å²) in [7, 11) is 0. The summed E-state index contributed by atoms with van der Waals surface area (Å²) in [6.07, 6.45) is 11.6. The number of rotatable bonds is 6. The monoisotopic (exact) mass is 465 g/mol. The van der Waals surface area contributed by atoms with Crippen LogP contribution in [0.4, 0.5) is 11.5 Å². The molecule has 3 fully saturated rings. The molecule has 2 N–H and O–H groups in total. The van der Waals surface area contributed by atoms with Gasteiger partial charge in [0.25, 0.3) is 0 Å². The van der Waals surface area contributed by atoms with Crippen molar-refractivity contribution >= 4 is 23.1 Å². The fourth-order valence-electron chi connectivity index (χ4n) is 5.71. The van der Waals surface area contributed by atoms with Gasteiger partial charge in [0.15, 0.2) is 0 Å². The molecule has 2 aliphatic heterocycles. The molecule has 184 valence electrons. The van der Waals surface area contributed by atoms with Crippen molar-refractivity contribution in [2.45, 2.75) is 71.3 Å². The van der Waals surface area contributed by atoms with E-state index < -0.39 is 0 Å². The van der Waals surface area contributed by atoms with E-state index in [1.54, 1.807) is 0 Å². The Morgan fingerprint density at radius 1 is 1.24 bits per heavy atom. The number of nitrogens with zero attached hydrogens (tertiary/aromatic N) is 4. The van der Waals surface area contributed by atoms with Gasteiger partial charge >= 0.3 is 0 Å². The Kier molecular flexibility index (Phi) is 8.03. The maximum Gasteiger partial charge on any atom is 0.227 e. The SMILES string of the molecule is C=C(/N=C1\C(=C/C)N(CC)C(=O)CCC1C1CCCC1)Nc1ccc(N2CCC(O)CC2)cn1. The predicted molar refractivity (Wildman–Crippen MR) is 138 cm³/mol. The molecular formula is C27H39N5O2. The highest BCUT2D eigenvalue weighted by atomic mass is 16.3. The molecule has 0 radical (unpaired) electrons. The van der Waals surface area contributed by atoms with Gasteiger partial charge in [0.05, 0.1) is 29.4 Å². The van der Waals surface area contributed by atoms with E-state index >= 15 is 0 Å². The van der Waals surface area contributed by atoms with Crippen LogP contribution in [0, 0.1) is 11.8 Å². The zero-order chi connectivity index (χ0) is 24.1. The summed E-state index contributed by atoms with van der Waals surface area (Å²) >= 11 is 0. The van der Waals surface area contributed by atoms with E-state index in [2.05, 4.69) is 27.8 Å². The molecule has 1 aromatic rings. The molecule has 1 saturated carbocycles. The molecule has 7 nitrogen and oxygen atoms in total. The zero-order valence-corrected chi connectivity index (χ0v) is 20.7. The van der Waals surface area contributed by atoms with Crippen LogP contribution < -0.4 is 10.2 Å². The normalized spacial score (nSPS) is 25.3. The molecule has 1 atom stereocenters. The molecular weight excluding hydrogens is 426 g/mol. The number of pyridine rings is 1. The molecule has 1 aliphatic carbocycles. The van der Waals surface area contributed by atoms with E-state index in [1.165, 1.54) is 25.7 Å². The number of nitrogens with one attached hydrogen (secondary N) is 1. The van der Waals surface area contributed by atoms with Gasteiger partial charge in [-0.05, 0) is 64.0 Å². The highest BCUT2D eigenvalue weighted by molar-refractivity contribution is 6.06. The summed E-state index contributed by atoms with van der Waals surface area (Å²) in [6, 6.07) is 4.00. The van der Waals surface area contributed by atoms with Gasteiger partial charge in [-0.25, -0.2) is 9.98 Å². The van der Waals surface area contributed by atoms with E-state index in [9.17, 15) is 9.90 Å². The molecule has 4 rings (SSSR count). The van der Waals surface area contributed by atoms with E-state index in [0.29, 0.717) is 30.5 Å². The third kappa shape index (κ3) is 5.52. The fraction of sp³-hybridized carbons (Fsp3) is 0.593. The van der Waals surface area contributed by atoms with Crippen LogP contribution in [0.5, 0.6) is 0 Å². The van der Waals surface area contributed by atoms with Crippen molar-refractivity contribution in [2.24, 2.45) is 16.8 Å². The molecule has 1 unspecified atom stereocenters. The molecule has 0 bridgehead atoms. The summed E-state index contributed by atoms with van der Waals surface area (Å²) in [4.78, 5) is 26.5. The molecule has 1 amide bonds. The number of anilines is 2. The van der Waals surface area contributed by atoms with Crippen molar-refractivity contribution in [3.8, 4) is 0 Å². The quantitative estimate of drug-likeness (QED) is 0.635. The summed E-state index contributed by atoms with van der Waals surface area (Å²) in [5.41, 5.74) is 2.98. The van der Waals surface area contributed by atoms with Gasteiger partial charge in [0.1, 0.15) is 11.6 Å². The number of amides is 1. The molecule has 2 saturated heterocycles. The van der Waals surface area contributed by atoms with Gasteiger partial charge in [-0.2, -0.15) is 0 Å². The Bertz CT molecular complexity index is 925. The van der Waals surface area contributed by atoms with Gasteiger partial charge in [-0.3, -0.25) is 4.79 Å². The van der Waals surface area contributed by atoms with Crippen LogP contribution in [0.15, 0.2) is 47.5 Å². The van der Waals surface area contributed by atoms with E-state index in [0.717, 1.165) is 49.4 Å². The third-order valence-electron chi connectivity index (χ3n) is 7.54. The first-order valence-electron chi connectivity index (χ1n) is 12.9. The van der Waals surface area contributed by atoms with Crippen LogP contribution in [0.1, 0.15) is 65.2 Å². The largest absolute Gasteiger partial charge is 0.393 e. The topological polar surface area (TPSA) is 81.1 Å². The van der Waals surface area contributed by atoms with Crippen LogP contribution in [-0.4, -0.2) is 52.3 Å². The Labute approximate surface area is 203 Å². The molecule has 1 aromatic heterocycles. The average Bonchev–Trinajstić information content (AvgIpc) is 3.33. The molecule has 3 aliphatic rings. The lowest BCUT2D eigenvalue weighted by atomic mass is 9.82. The zero-order valence-electron chi connectivity index (χ0n) is 20.7. The second-order valence-corrected chi connectivity index (χ2v) is 9.69. The number of aliphatic hydroxyl groups excluding tert-OH is 1. The summed E-state index contributed by atoms with van der Waals surface area (Å²) in [5.74, 6) is 2.28. The van der Waals surface area contributed by atoms with E-state index in [4.69, 9.17) is 4.99 Å². The van der Waals surface area contributed by atoms with Crippen molar-refractivity contribution in [3.63, 3.8) is 0 Å². The third-order valence-corrected chi connectivity index (χ3v) is 7.54. The lowest BCUT2D eigenvalue weighted by Gasteiger charge is -2.31. The first-order chi connectivity index (χ1) is 16.5. The number of piperidine rings is 1. The Morgan fingerprint density at radius 3 is 2.59 bits per heavy atom. The minimum Gasteiger partial charge on any atom is -0.393 e. The standard InChI is InChI=1S/C27H39N5O2/c1-4-24-27(23(20-8-6-7-9-20)11-13-26(34)32(24)5-2)30-19(3)29-25-12-10-21(18-28-25)31-16-14-22(33)15-17-31/h4,10,12,18,20,22-23,33H,3,5-9,11,13-17H2,1-2H3,(H,28,29)/b24-4+,30-27-. The lowest BCUT2D eigenvalue weighted by molar-refractivity contribution is -0.128. The second kappa shape index (κ2) is 11.2. The van der Waals surface area contributed by atoms with Gasteiger partial charge in [0, 0.05) is 32.0 Å². The second-order valence-electron chi connectivity index (χ2n) is 9.69. The van der Waals surface area contributed by atoms with Crippen LogP contribution in [0.25, 0.3) is 0 Å². The van der Waals surface area contributed by atoms with Crippen molar-refractivity contribution in [3.05, 3.63) is 42.5 Å². The molecule has 3 heterocycles. The number of hydrogen-bond acceptors (Lipinski definition) is 6. The van der Waals surface area contributed by atoms with Crippen molar-refractivity contribution in [1.29, 1.82) is 0 Å². The minimum atomic E-state index is -0.189. The van der Waals surface area contributed by atoms with E-state index in [-0.39, 0.29) is 17.9 Å². The number of aliphatic hydroxyl groups is 1. The van der Waals surface area contributed by atoms with Crippen molar-refractivity contribution < 1.29 is 9.90 Å². The van der Waals surface area contributed by atoms with Crippen LogP contribution in [-0.2, 0) is 4.79 Å². The Morgan fingerprint density at radius 2 is 1.97 bits per heavy atom. The summed E-state index contributed by atoms with van der Waals surface area (Å²) in [6.45, 7) is 10.5. The van der Waals surface area contributed by atoms with Gasteiger partial charge in [-0.1, -0.05) is 25.5 Å². The van der Waals surface area contributed by atoms with E-state index in [1.807, 2.05) is 37.1 Å². The lowest BCUT2D eigenvalue weighted by Crippen LogP contribution is -2.35. The Balaban J connectivity index is 1.53. The van der Waals surface area contributed by atoms with Crippen molar-refractivity contribution in [2.75, 3.05) is 29.9 Å². The maximum absolute atomic E-state index is 12.8. The smallest absolute Gasteiger partial charge is 0.227 e. The number of likely N-dealkylation sites (tertiary alicyclic amines) is 1. The highest BCUT2D eigenvalue weighted by Crippen LogP contribution is 2.38. The van der Waals surface area contributed by atoms with Gasteiger partial charge < -0.3 is 20.2 Å². The number of hydrogen-bond donors (Lipinski definition) is 2. The molecule has 0 aromatic carbocycles. The van der Waals surface area contributed by atoms with Crippen molar-refractivity contribution in [1.82, 2.24) is 9.88 Å². The molecule has 7 heteroatoms. The first-order valence-corrected chi connectivity index (χ1v) is 12.9.